The first-order valence-corrected chi connectivity index (χ1v) is 17.8. The van der Waals surface area contributed by atoms with E-state index in [0.717, 1.165) is 39.0 Å². The molecule has 0 bridgehead atoms. The fourth-order valence-corrected chi connectivity index (χ4v) is 7.85. The van der Waals surface area contributed by atoms with E-state index in [4.69, 9.17) is 4.42 Å². The quantitative estimate of drug-likeness (QED) is 0.176. The number of para-hydroxylation sites is 1. The van der Waals surface area contributed by atoms with Crippen LogP contribution in [0.15, 0.2) is 205 Å². The molecule has 1 aromatic heterocycles. The van der Waals surface area contributed by atoms with Crippen molar-refractivity contribution < 1.29 is 4.42 Å². The lowest BCUT2D eigenvalue weighted by molar-refractivity contribution is 0.669. The Labute approximate surface area is 302 Å². The minimum Gasteiger partial charge on any atom is -0.456 e. The van der Waals surface area contributed by atoms with Crippen LogP contribution in [0.3, 0.4) is 0 Å². The van der Waals surface area contributed by atoms with E-state index in [1.54, 1.807) is 0 Å². The van der Waals surface area contributed by atoms with Crippen LogP contribution in [0.4, 0.5) is 17.1 Å². The van der Waals surface area contributed by atoms with Crippen LogP contribution in [0.1, 0.15) is 0 Å². The molecule has 0 unspecified atom stereocenters. The second-order valence-corrected chi connectivity index (χ2v) is 13.3. The first kappa shape index (κ1) is 30.0. The molecule has 244 valence electrons. The Morgan fingerprint density at radius 1 is 0.327 bits per heavy atom. The van der Waals surface area contributed by atoms with Crippen LogP contribution in [0.2, 0.25) is 0 Å². The molecule has 0 aliphatic rings. The van der Waals surface area contributed by atoms with Gasteiger partial charge in [0.05, 0.1) is 5.69 Å². The highest BCUT2D eigenvalue weighted by molar-refractivity contribution is 6.10. The summed E-state index contributed by atoms with van der Waals surface area (Å²) in [5.74, 6) is 0. The summed E-state index contributed by atoms with van der Waals surface area (Å²) in [6.45, 7) is 0. The van der Waals surface area contributed by atoms with Gasteiger partial charge in [-0.1, -0.05) is 158 Å². The number of hydrogen-bond acceptors (Lipinski definition) is 2. The average molecular weight is 664 g/mol. The van der Waals surface area contributed by atoms with Gasteiger partial charge in [-0.05, 0) is 85.8 Å². The molecule has 0 radical (unpaired) electrons. The van der Waals surface area contributed by atoms with Gasteiger partial charge in [0, 0.05) is 33.8 Å². The van der Waals surface area contributed by atoms with Crippen molar-refractivity contribution in [3.05, 3.63) is 200 Å². The summed E-state index contributed by atoms with van der Waals surface area (Å²) in [5.41, 5.74) is 12.0. The van der Waals surface area contributed by atoms with E-state index in [1.165, 1.54) is 54.9 Å². The van der Waals surface area contributed by atoms with Gasteiger partial charge < -0.3 is 9.32 Å². The van der Waals surface area contributed by atoms with E-state index in [2.05, 4.69) is 193 Å². The summed E-state index contributed by atoms with van der Waals surface area (Å²) < 4.78 is 6.48. The number of furan rings is 1. The molecule has 1 heterocycles. The molecular formula is C50H33NO. The summed E-state index contributed by atoms with van der Waals surface area (Å²) in [4.78, 5) is 2.40. The molecule has 0 aliphatic carbocycles. The number of nitrogens with zero attached hydrogens (tertiary/aromatic N) is 1. The van der Waals surface area contributed by atoms with E-state index in [9.17, 15) is 0 Å². The third-order valence-electron chi connectivity index (χ3n) is 10.3. The van der Waals surface area contributed by atoms with Crippen molar-refractivity contribution >= 4 is 60.5 Å². The van der Waals surface area contributed by atoms with Crippen molar-refractivity contribution in [2.24, 2.45) is 0 Å². The lowest BCUT2D eigenvalue weighted by Crippen LogP contribution is -2.12. The van der Waals surface area contributed by atoms with Gasteiger partial charge in [-0.15, -0.1) is 0 Å². The van der Waals surface area contributed by atoms with Gasteiger partial charge >= 0.3 is 0 Å². The number of fused-ring (bicyclic) bond motifs is 5. The van der Waals surface area contributed by atoms with E-state index >= 15 is 0 Å². The molecule has 0 amide bonds. The lowest BCUT2D eigenvalue weighted by Gasteiger charge is -2.30. The van der Waals surface area contributed by atoms with Gasteiger partial charge in [-0.2, -0.15) is 0 Å². The third kappa shape index (κ3) is 5.04. The smallest absolute Gasteiger partial charge is 0.137 e. The molecule has 2 heteroatoms. The van der Waals surface area contributed by atoms with Gasteiger partial charge in [0.25, 0.3) is 0 Å². The second-order valence-electron chi connectivity index (χ2n) is 13.3. The summed E-state index contributed by atoms with van der Waals surface area (Å²) in [6.07, 6.45) is 0. The van der Waals surface area contributed by atoms with Gasteiger partial charge in [0.15, 0.2) is 0 Å². The van der Waals surface area contributed by atoms with Crippen molar-refractivity contribution in [1.82, 2.24) is 0 Å². The highest BCUT2D eigenvalue weighted by atomic mass is 16.3. The predicted molar refractivity (Wildman–Crippen MR) is 220 cm³/mol. The summed E-state index contributed by atoms with van der Waals surface area (Å²) in [5, 5.41) is 7.10. The van der Waals surface area contributed by atoms with E-state index in [-0.39, 0.29) is 0 Å². The molecule has 0 spiro atoms. The van der Waals surface area contributed by atoms with E-state index < -0.39 is 0 Å². The van der Waals surface area contributed by atoms with Crippen LogP contribution >= 0.6 is 0 Å². The van der Waals surface area contributed by atoms with Crippen molar-refractivity contribution in [3.63, 3.8) is 0 Å². The van der Waals surface area contributed by atoms with Gasteiger partial charge in [0.2, 0.25) is 0 Å². The molecule has 0 aliphatic heterocycles. The molecule has 0 fully saturated rings. The van der Waals surface area contributed by atoms with E-state index in [0.29, 0.717) is 0 Å². The van der Waals surface area contributed by atoms with Crippen LogP contribution in [0.25, 0.3) is 76.9 Å². The number of rotatable bonds is 6. The topological polar surface area (TPSA) is 16.4 Å². The first-order chi connectivity index (χ1) is 25.8. The molecular weight excluding hydrogens is 631 g/mol. The average Bonchev–Trinajstić information content (AvgIpc) is 3.59. The fraction of sp³-hybridized carbons (Fsp3) is 0. The number of benzene rings is 9. The van der Waals surface area contributed by atoms with E-state index in [1.807, 2.05) is 12.1 Å². The van der Waals surface area contributed by atoms with Crippen LogP contribution in [0.5, 0.6) is 0 Å². The Bertz CT molecular complexity index is 2890. The molecule has 2 nitrogen and oxygen atoms in total. The Kier molecular flexibility index (Phi) is 7.18. The Hall–Kier alpha value is -6.90. The van der Waals surface area contributed by atoms with Gasteiger partial charge in [0.1, 0.15) is 11.2 Å². The Morgan fingerprint density at radius 3 is 1.63 bits per heavy atom. The maximum atomic E-state index is 6.48. The third-order valence-corrected chi connectivity index (χ3v) is 10.3. The normalized spacial score (nSPS) is 11.5. The number of anilines is 3. The monoisotopic (exact) mass is 663 g/mol. The highest BCUT2D eigenvalue weighted by Gasteiger charge is 2.23. The molecule has 52 heavy (non-hydrogen) atoms. The summed E-state index contributed by atoms with van der Waals surface area (Å²) in [6, 6.07) is 71.8. The largest absolute Gasteiger partial charge is 0.456 e. The first-order valence-electron chi connectivity index (χ1n) is 17.8. The minimum absolute atomic E-state index is 0.863. The molecule has 9 aromatic carbocycles. The SMILES string of the molecule is c1ccc(-c2ccc(N(c3ccc4c(c3)oc3ccccc34)c3cccc(-c4cccc5ccccc45)c3-c3cccc4ccccc34)cc2)cc1. The molecule has 0 N–H and O–H groups in total. The zero-order valence-electron chi connectivity index (χ0n) is 28.4. The summed E-state index contributed by atoms with van der Waals surface area (Å²) in [7, 11) is 0. The van der Waals surface area contributed by atoms with Crippen LogP contribution in [-0.2, 0) is 0 Å². The van der Waals surface area contributed by atoms with Crippen LogP contribution < -0.4 is 4.90 Å². The van der Waals surface area contributed by atoms with Crippen LogP contribution in [-0.4, -0.2) is 0 Å². The van der Waals surface area contributed by atoms with Gasteiger partial charge in [-0.3, -0.25) is 0 Å². The summed E-state index contributed by atoms with van der Waals surface area (Å²) >= 11 is 0. The fourth-order valence-electron chi connectivity index (χ4n) is 7.85. The molecule has 10 aromatic rings. The van der Waals surface area contributed by atoms with Crippen molar-refractivity contribution in [3.8, 4) is 33.4 Å². The zero-order valence-corrected chi connectivity index (χ0v) is 28.4. The molecule has 10 rings (SSSR count). The zero-order chi connectivity index (χ0) is 34.4. The van der Waals surface area contributed by atoms with Crippen LogP contribution in [0, 0.1) is 0 Å². The minimum atomic E-state index is 0.863. The second kappa shape index (κ2) is 12.5. The standard InChI is InChI=1S/C50H33NO/c1-2-13-34(14-3-1)35-27-29-38(30-28-35)51(39-31-32-44-43-21-8-9-26-48(43)52-49(44)33-39)47-25-12-24-46(42-22-10-17-36-15-4-6-19-40(36)42)50(47)45-23-11-18-37-16-5-7-20-41(37)45/h1-33H. The Morgan fingerprint density at radius 2 is 0.865 bits per heavy atom. The Balaban J connectivity index is 1.28. The van der Waals surface area contributed by atoms with Gasteiger partial charge in [-0.25, -0.2) is 0 Å². The van der Waals surface area contributed by atoms with Crippen molar-refractivity contribution in [2.45, 2.75) is 0 Å². The molecule has 0 saturated heterocycles. The molecule has 0 saturated carbocycles. The predicted octanol–water partition coefficient (Wildman–Crippen LogP) is 14.4. The lowest BCUT2D eigenvalue weighted by atomic mass is 9.87. The molecule has 0 atom stereocenters. The maximum Gasteiger partial charge on any atom is 0.137 e. The van der Waals surface area contributed by atoms with Crippen molar-refractivity contribution in [2.75, 3.05) is 4.90 Å². The highest BCUT2D eigenvalue weighted by Crippen LogP contribution is 2.49. The maximum absolute atomic E-state index is 6.48. The number of hydrogen-bond donors (Lipinski definition) is 0. The van der Waals surface area contributed by atoms with Crippen molar-refractivity contribution in [1.29, 1.82) is 0 Å².